The molecule has 1 aliphatic rings. The number of fused-ring (bicyclic) bond motifs is 2. The van der Waals surface area contributed by atoms with E-state index >= 15 is 0 Å². The third-order valence-corrected chi connectivity index (χ3v) is 6.40. The van der Waals surface area contributed by atoms with Gasteiger partial charge in [0.1, 0.15) is 24.2 Å². The fourth-order valence-corrected chi connectivity index (χ4v) is 4.48. The Hall–Kier alpha value is -4.67. The lowest BCUT2D eigenvalue weighted by Crippen LogP contribution is -2.34. The SMILES string of the molecule is Cc1cc(Nc2ncnn3ccc(OC(=O)N4CCCCCC4)c23)ccc1Oc1ccn2ncnc2c1. The number of likely N-dealkylation sites (tertiary alicyclic amines) is 1. The van der Waals surface area contributed by atoms with Crippen LogP contribution >= 0.6 is 0 Å². The maximum atomic E-state index is 12.8. The number of anilines is 2. The Bertz CT molecular complexity index is 1570. The number of nitrogens with zero attached hydrogens (tertiary/aromatic N) is 7. The van der Waals surface area contributed by atoms with E-state index in [1.54, 1.807) is 32.4 Å². The van der Waals surface area contributed by atoms with Crippen molar-refractivity contribution in [1.29, 1.82) is 0 Å². The van der Waals surface area contributed by atoms with Crippen LogP contribution in [-0.2, 0) is 0 Å². The summed E-state index contributed by atoms with van der Waals surface area (Å²) in [4.78, 5) is 23.2. The molecule has 11 nitrogen and oxygen atoms in total. The molecule has 1 N–H and O–H groups in total. The zero-order valence-electron chi connectivity index (χ0n) is 20.4. The fourth-order valence-electron chi connectivity index (χ4n) is 4.48. The summed E-state index contributed by atoms with van der Waals surface area (Å²) in [6.45, 7) is 3.40. The van der Waals surface area contributed by atoms with Crippen molar-refractivity contribution in [1.82, 2.24) is 34.1 Å². The van der Waals surface area contributed by atoms with Crippen molar-refractivity contribution in [3.8, 4) is 17.2 Å². The van der Waals surface area contributed by atoms with Crippen molar-refractivity contribution >= 4 is 28.8 Å². The van der Waals surface area contributed by atoms with E-state index in [-0.39, 0.29) is 6.09 Å². The Labute approximate surface area is 212 Å². The number of hydrogen-bond donors (Lipinski definition) is 1. The van der Waals surface area contributed by atoms with Crippen LogP contribution in [0.15, 0.2) is 61.4 Å². The molecule has 0 spiro atoms. The minimum Gasteiger partial charge on any atom is -0.457 e. The molecule has 5 aromatic rings. The van der Waals surface area contributed by atoms with E-state index in [1.165, 1.54) is 12.7 Å². The highest BCUT2D eigenvalue weighted by Crippen LogP contribution is 2.32. The van der Waals surface area contributed by atoms with Crippen LogP contribution in [0.2, 0.25) is 0 Å². The highest BCUT2D eigenvalue weighted by Gasteiger charge is 2.21. The summed E-state index contributed by atoms with van der Waals surface area (Å²) in [6.07, 6.45) is 10.4. The van der Waals surface area contributed by atoms with Crippen molar-refractivity contribution in [3.63, 3.8) is 0 Å². The Morgan fingerprint density at radius 1 is 0.892 bits per heavy atom. The van der Waals surface area contributed by atoms with Gasteiger partial charge in [0, 0.05) is 43.3 Å². The van der Waals surface area contributed by atoms with Gasteiger partial charge in [-0.15, -0.1) is 0 Å². The molecule has 0 radical (unpaired) electrons. The van der Waals surface area contributed by atoms with Crippen LogP contribution in [0.3, 0.4) is 0 Å². The molecule has 1 aliphatic heterocycles. The number of aromatic nitrogens is 6. The second-order valence-electron chi connectivity index (χ2n) is 8.98. The van der Waals surface area contributed by atoms with Gasteiger partial charge in [0.2, 0.25) is 0 Å². The van der Waals surface area contributed by atoms with Gasteiger partial charge in [-0.3, -0.25) is 0 Å². The molecular formula is C26H26N8O3. The predicted molar refractivity (Wildman–Crippen MR) is 137 cm³/mol. The number of amides is 1. The van der Waals surface area contributed by atoms with E-state index in [1.807, 2.05) is 37.3 Å². The van der Waals surface area contributed by atoms with Gasteiger partial charge < -0.3 is 19.7 Å². The molecule has 4 aromatic heterocycles. The van der Waals surface area contributed by atoms with E-state index in [4.69, 9.17) is 9.47 Å². The first-order chi connectivity index (χ1) is 18.1. The second kappa shape index (κ2) is 9.76. The predicted octanol–water partition coefficient (Wildman–Crippen LogP) is 4.99. The molecular weight excluding hydrogens is 472 g/mol. The van der Waals surface area contributed by atoms with Crippen LogP contribution in [-0.4, -0.2) is 53.3 Å². The number of aryl methyl sites for hydroxylation is 1. The van der Waals surface area contributed by atoms with Crippen molar-refractivity contribution in [2.45, 2.75) is 32.6 Å². The first-order valence-electron chi connectivity index (χ1n) is 12.3. The molecule has 37 heavy (non-hydrogen) atoms. The van der Waals surface area contributed by atoms with Gasteiger partial charge in [0.25, 0.3) is 0 Å². The smallest absolute Gasteiger partial charge is 0.415 e. The third kappa shape index (κ3) is 4.75. The van der Waals surface area contributed by atoms with Crippen LogP contribution in [0.4, 0.5) is 16.3 Å². The summed E-state index contributed by atoms with van der Waals surface area (Å²) in [5.74, 6) is 2.34. The van der Waals surface area contributed by atoms with Crippen molar-refractivity contribution < 1.29 is 14.3 Å². The minimum atomic E-state index is -0.341. The topological polar surface area (TPSA) is 111 Å². The normalized spacial score (nSPS) is 14.0. The first kappa shape index (κ1) is 22.8. The van der Waals surface area contributed by atoms with E-state index in [0.29, 0.717) is 41.6 Å². The number of carbonyl (C=O) groups is 1. The number of carbonyl (C=O) groups excluding carboxylic acids is 1. The van der Waals surface area contributed by atoms with Gasteiger partial charge in [0.05, 0.1) is 0 Å². The summed E-state index contributed by atoms with van der Waals surface area (Å²) in [5.41, 5.74) is 3.04. The highest BCUT2D eigenvalue weighted by molar-refractivity contribution is 5.83. The number of pyridine rings is 1. The highest BCUT2D eigenvalue weighted by atomic mass is 16.6. The molecule has 0 bridgehead atoms. The van der Waals surface area contributed by atoms with Gasteiger partial charge in [-0.25, -0.2) is 23.8 Å². The molecule has 0 aliphatic carbocycles. The Morgan fingerprint density at radius 3 is 2.51 bits per heavy atom. The largest absolute Gasteiger partial charge is 0.457 e. The second-order valence-corrected chi connectivity index (χ2v) is 8.98. The molecule has 0 unspecified atom stereocenters. The molecule has 1 fully saturated rings. The number of ether oxygens (including phenoxy) is 2. The lowest BCUT2D eigenvalue weighted by molar-refractivity contribution is 0.154. The fraction of sp³-hybridized carbons (Fsp3) is 0.269. The molecule has 0 atom stereocenters. The lowest BCUT2D eigenvalue weighted by atomic mass is 10.2. The number of rotatable bonds is 5. The maximum Gasteiger partial charge on any atom is 0.415 e. The van der Waals surface area contributed by atoms with Crippen LogP contribution in [0.25, 0.3) is 11.2 Å². The first-order valence-corrected chi connectivity index (χ1v) is 12.3. The van der Waals surface area contributed by atoms with E-state index in [9.17, 15) is 4.79 Å². The molecule has 5 heterocycles. The number of hydrogen-bond acceptors (Lipinski definition) is 8. The number of nitrogens with one attached hydrogen (secondary N) is 1. The standard InChI is InChI=1S/C26H26N8O3/c1-18-14-19(6-7-21(18)36-20-8-12-33-23(15-20)27-16-29-33)31-25-24-22(9-13-34(24)30-17-28-25)37-26(35)32-10-4-2-3-5-11-32/h6-9,12-17H,2-5,10-11H2,1H3,(H,28,30,31). The van der Waals surface area contributed by atoms with Gasteiger partial charge in [-0.1, -0.05) is 12.8 Å². The summed E-state index contributed by atoms with van der Waals surface area (Å²) in [5, 5.41) is 11.7. The van der Waals surface area contributed by atoms with Gasteiger partial charge >= 0.3 is 6.09 Å². The Balaban J connectivity index is 1.21. The van der Waals surface area contributed by atoms with Crippen molar-refractivity contribution in [3.05, 3.63) is 67.0 Å². The zero-order chi connectivity index (χ0) is 25.2. The van der Waals surface area contributed by atoms with Crippen LogP contribution in [0.1, 0.15) is 31.2 Å². The molecule has 188 valence electrons. The Morgan fingerprint density at radius 2 is 1.68 bits per heavy atom. The lowest BCUT2D eigenvalue weighted by Gasteiger charge is -2.19. The average molecular weight is 499 g/mol. The summed E-state index contributed by atoms with van der Waals surface area (Å²) < 4.78 is 15.2. The summed E-state index contributed by atoms with van der Waals surface area (Å²) >= 11 is 0. The Kier molecular flexibility index (Phi) is 6.01. The van der Waals surface area contributed by atoms with Crippen LogP contribution in [0, 0.1) is 6.92 Å². The summed E-state index contributed by atoms with van der Waals surface area (Å²) in [7, 11) is 0. The third-order valence-electron chi connectivity index (χ3n) is 6.40. The quantitative estimate of drug-likeness (QED) is 0.361. The van der Waals surface area contributed by atoms with Crippen LogP contribution < -0.4 is 14.8 Å². The maximum absolute atomic E-state index is 12.8. The van der Waals surface area contributed by atoms with Crippen molar-refractivity contribution in [2.75, 3.05) is 18.4 Å². The zero-order valence-corrected chi connectivity index (χ0v) is 20.4. The molecule has 11 heteroatoms. The molecule has 1 saturated heterocycles. The average Bonchev–Trinajstić information content (AvgIpc) is 3.44. The van der Waals surface area contributed by atoms with E-state index < -0.39 is 0 Å². The number of benzene rings is 1. The van der Waals surface area contributed by atoms with Crippen molar-refractivity contribution in [2.24, 2.45) is 0 Å². The minimum absolute atomic E-state index is 0.341. The monoisotopic (exact) mass is 498 g/mol. The van der Waals surface area contributed by atoms with E-state index in [0.717, 1.165) is 42.7 Å². The van der Waals surface area contributed by atoms with Gasteiger partial charge in [-0.2, -0.15) is 10.2 Å². The van der Waals surface area contributed by atoms with E-state index in [2.05, 4.69) is 25.5 Å². The molecule has 1 amide bonds. The molecule has 1 aromatic carbocycles. The summed E-state index contributed by atoms with van der Waals surface area (Å²) in [6, 6.07) is 11.2. The van der Waals surface area contributed by atoms with Gasteiger partial charge in [0.15, 0.2) is 22.7 Å². The van der Waals surface area contributed by atoms with Gasteiger partial charge in [-0.05, 0) is 49.6 Å². The molecule has 0 saturated carbocycles. The van der Waals surface area contributed by atoms with Crippen LogP contribution in [0.5, 0.6) is 17.2 Å². The molecule has 6 rings (SSSR count).